The maximum absolute atomic E-state index is 10.5. The molecule has 0 aliphatic carbocycles. The third kappa shape index (κ3) is 4.22. The highest BCUT2D eigenvalue weighted by Crippen LogP contribution is 2.30. The van der Waals surface area contributed by atoms with Gasteiger partial charge >= 0.3 is 0 Å². The molecule has 1 aliphatic rings. The number of hydrogen-bond donors (Lipinski definition) is 2. The van der Waals surface area contributed by atoms with E-state index in [-0.39, 0.29) is 17.5 Å². The fourth-order valence-corrected chi connectivity index (χ4v) is 3.66. The summed E-state index contributed by atoms with van der Waals surface area (Å²) in [7, 11) is 1.85. The lowest BCUT2D eigenvalue weighted by atomic mass is 10.1. The Morgan fingerprint density at radius 2 is 1.97 bits per heavy atom. The maximum Gasteiger partial charge on any atom is 0.152 e. The van der Waals surface area contributed by atoms with Gasteiger partial charge in [-0.1, -0.05) is 0 Å². The van der Waals surface area contributed by atoms with E-state index < -0.39 is 0 Å². The average molecular weight is 393 g/mol. The minimum absolute atomic E-state index is 0.0334. The molecule has 0 aromatic carbocycles. The van der Waals surface area contributed by atoms with Crippen molar-refractivity contribution in [2.45, 2.75) is 45.3 Å². The van der Waals surface area contributed by atoms with Gasteiger partial charge in [0.2, 0.25) is 0 Å². The van der Waals surface area contributed by atoms with Crippen molar-refractivity contribution in [3.63, 3.8) is 0 Å². The van der Waals surface area contributed by atoms with E-state index in [1.165, 1.54) is 0 Å². The monoisotopic (exact) mass is 393 g/mol. The van der Waals surface area contributed by atoms with E-state index in [9.17, 15) is 5.11 Å². The Hall–Kier alpha value is -3.00. The third-order valence-corrected chi connectivity index (χ3v) is 4.92. The molecule has 0 amide bonds. The molecule has 1 atom stereocenters. The number of aromatic nitrogens is 5. The Bertz CT molecular complexity index is 991. The first-order chi connectivity index (χ1) is 13.8. The van der Waals surface area contributed by atoms with Gasteiger partial charge in [-0.2, -0.15) is 5.10 Å². The van der Waals surface area contributed by atoms with E-state index in [0.29, 0.717) is 11.4 Å². The smallest absolute Gasteiger partial charge is 0.152 e. The maximum atomic E-state index is 10.5. The molecular weight excluding hydrogens is 366 g/mol. The van der Waals surface area contributed by atoms with E-state index in [0.717, 1.165) is 36.5 Å². The summed E-state index contributed by atoms with van der Waals surface area (Å²) in [6.45, 7) is 7.45. The largest absolute Gasteiger partial charge is 0.506 e. The van der Waals surface area contributed by atoms with Gasteiger partial charge in [0.1, 0.15) is 17.1 Å². The number of pyridine rings is 1. The highest BCUT2D eigenvalue weighted by molar-refractivity contribution is 5.68. The molecule has 0 saturated carbocycles. The zero-order chi connectivity index (χ0) is 20.6. The first-order valence-electron chi connectivity index (χ1n) is 9.88. The van der Waals surface area contributed by atoms with Crippen molar-refractivity contribution in [2.24, 2.45) is 7.05 Å². The van der Waals surface area contributed by atoms with Crippen molar-refractivity contribution in [3.8, 4) is 28.4 Å². The van der Waals surface area contributed by atoms with Gasteiger partial charge in [-0.25, -0.2) is 4.98 Å². The molecule has 1 aliphatic heterocycles. The molecule has 29 heavy (non-hydrogen) atoms. The minimum atomic E-state index is 0.0334. The molecule has 1 unspecified atom stereocenters. The van der Waals surface area contributed by atoms with Crippen LogP contribution in [0.4, 0.5) is 5.82 Å². The molecule has 2 N–H and O–H groups in total. The molecule has 1 saturated heterocycles. The molecule has 0 radical (unpaired) electrons. The summed E-state index contributed by atoms with van der Waals surface area (Å²) in [5.41, 5.74) is 2.50. The van der Waals surface area contributed by atoms with Gasteiger partial charge in [0.25, 0.3) is 0 Å². The summed E-state index contributed by atoms with van der Waals surface area (Å²) in [4.78, 5) is 6.65. The Morgan fingerprint density at radius 3 is 2.59 bits per heavy atom. The van der Waals surface area contributed by atoms with Crippen LogP contribution in [0, 0.1) is 0 Å². The van der Waals surface area contributed by atoms with Gasteiger partial charge in [0.15, 0.2) is 5.82 Å². The van der Waals surface area contributed by atoms with Crippen LogP contribution in [0.25, 0.3) is 22.6 Å². The molecular formula is C21H27N7O. The van der Waals surface area contributed by atoms with E-state index in [1.807, 2.05) is 31.4 Å². The number of rotatable bonds is 4. The summed E-state index contributed by atoms with van der Waals surface area (Å²) in [5, 5.41) is 27.2. The van der Waals surface area contributed by atoms with Gasteiger partial charge < -0.3 is 10.0 Å². The first-order valence-corrected chi connectivity index (χ1v) is 9.88. The standard InChI is InChI=1S/C21H27N7O/c1-21(2,3)23-18-6-5-10-28(18)19-8-7-16(24-25-19)20-17(29)12-14(13-22-20)15-9-11-27(4)26-15/h7-9,11-13,18,23,29H,5-6,10H2,1-4H3. The van der Waals surface area contributed by atoms with Crippen LogP contribution in [0.2, 0.25) is 0 Å². The summed E-state index contributed by atoms with van der Waals surface area (Å²) in [6, 6.07) is 7.34. The minimum Gasteiger partial charge on any atom is -0.506 e. The summed E-state index contributed by atoms with van der Waals surface area (Å²) < 4.78 is 1.71. The van der Waals surface area contributed by atoms with Gasteiger partial charge in [-0.05, 0) is 57.9 Å². The Morgan fingerprint density at radius 1 is 1.14 bits per heavy atom. The molecule has 8 nitrogen and oxygen atoms in total. The van der Waals surface area contributed by atoms with Crippen molar-refractivity contribution < 1.29 is 5.11 Å². The predicted molar refractivity (Wildman–Crippen MR) is 112 cm³/mol. The number of aryl methyl sites for hydroxylation is 1. The van der Waals surface area contributed by atoms with Crippen LogP contribution >= 0.6 is 0 Å². The molecule has 0 spiro atoms. The van der Waals surface area contributed by atoms with Crippen LogP contribution in [0.1, 0.15) is 33.6 Å². The van der Waals surface area contributed by atoms with Crippen molar-refractivity contribution in [3.05, 3.63) is 36.7 Å². The van der Waals surface area contributed by atoms with Crippen LogP contribution in [-0.4, -0.2) is 48.3 Å². The second-order valence-corrected chi connectivity index (χ2v) is 8.49. The zero-order valence-electron chi connectivity index (χ0n) is 17.3. The zero-order valence-corrected chi connectivity index (χ0v) is 17.3. The number of nitrogens with zero attached hydrogens (tertiary/aromatic N) is 6. The molecule has 1 fully saturated rings. The third-order valence-electron chi connectivity index (χ3n) is 4.92. The van der Waals surface area contributed by atoms with Gasteiger partial charge in [-0.3, -0.25) is 10.00 Å². The normalized spacial score (nSPS) is 17.1. The number of hydrogen-bond acceptors (Lipinski definition) is 7. The van der Waals surface area contributed by atoms with E-state index in [4.69, 9.17) is 0 Å². The summed E-state index contributed by atoms with van der Waals surface area (Å²) >= 11 is 0. The number of anilines is 1. The second kappa shape index (κ2) is 7.44. The average Bonchev–Trinajstić information content (AvgIpc) is 3.29. The molecule has 4 rings (SSSR count). The first kappa shape index (κ1) is 19.3. The number of aromatic hydroxyl groups is 1. The fraction of sp³-hybridized carbons (Fsp3) is 0.429. The highest BCUT2D eigenvalue weighted by Gasteiger charge is 2.29. The SMILES string of the molecule is Cn1ccc(-c2cnc(-c3ccc(N4CCCC4NC(C)(C)C)nn3)c(O)c2)n1. The van der Waals surface area contributed by atoms with Crippen molar-refractivity contribution in [1.82, 2.24) is 30.3 Å². The highest BCUT2D eigenvalue weighted by atomic mass is 16.3. The lowest BCUT2D eigenvalue weighted by Gasteiger charge is -2.32. The van der Waals surface area contributed by atoms with E-state index in [1.54, 1.807) is 16.9 Å². The van der Waals surface area contributed by atoms with Crippen molar-refractivity contribution in [1.29, 1.82) is 0 Å². The van der Waals surface area contributed by atoms with Gasteiger partial charge in [-0.15, -0.1) is 10.2 Å². The van der Waals surface area contributed by atoms with Crippen LogP contribution in [-0.2, 0) is 7.05 Å². The number of nitrogens with one attached hydrogen (secondary N) is 1. The predicted octanol–water partition coefficient (Wildman–Crippen LogP) is 2.96. The van der Waals surface area contributed by atoms with Crippen LogP contribution < -0.4 is 10.2 Å². The summed E-state index contributed by atoms with van der Waals surface area (Å²) in [5.74, 6) is 0.890. The van der Waals surface area contributed by atoms with E-state index in [2.05, 4.69) is 51.3 Å². The van der Waals surface area contributed by atoms with Crippen molar-refractivity contribution in [2.75, 3.05) is 11.4 Å². The summed E-state index contributed by atoms with van der Waals surface area (Å²) in [6.07, 6.45) is 5.99. The van der Waals surface area contributed by atoms with Crippen LogP contribution in [0.5, 0.6) is 5.75 Å². The molecule has 8 heteroatoms. The van der Waals surface area contributed by atoms with E-state index >= 15 is 0 Å². The van der Waals surface area contributed by atoms with Gasteiger partial charge in [0.05, 0.1) is 11.9 Å². The van der Waals surface area contributed by atoms with Crippen molar-refractivity contribution >= 4 is 5.82 Å². The molecule has 3 aromatic heterocycles. The Balaban J connectivity index is 1.55. The molecule has 4 heterocycles. The van der Waals surface area contributed by atoms with Crippen LogP contribution in [0.3, 0.4) is 0 Å². The fourth-order valence-electron chi connectivity index (χ4n) is 3.66. The molecule has 3 aromatic rings. The second-order valence-electron chi connectivity index (χ2n) is 8.49. The van der Waals surface area contributed by atoms with Crippen LogP contribution in [0.15, 0.2) is 36.7 Å². The Kier molecular flexibility index (Phi) is 4.96. The molecule has 0 bridgehead atoms. The lowest BCUT2D eigenvalue weighted by molar-refractivity contribution is 0.361. The quantitative estimate of drug-likeness (QED) is 0.704. The lowest BCUT2D eigenvalue weighted by Crippen LogP contribution is -2.50. The Labute approximate surface area is 170 Å². The molecule has 152 valence electrons. The topological polar surface area (TPSA) is 92.0 Å². The van der Waals surface area contributed by atoms with Gasteiger partial charge in [0, 0.05) is 37.1 Å².